The molecule has 0 aromatic rings. The first kappa shape index (κ1) is 15.7. The molecule has 0 radical (unpaired) electrons. The topological polar surface area (TPSA) is 50.7 Å². The lowest BCUT2D eigenvalue weighted by molar-refractivity contribution is -0.141. The average Bonchev–Trinajstić information content (AvgIpc) is 2.46. The quantitative estimate of drug-likeness (QED) is 0.839. The minimum Gasteiger partial charge on any atom is -0.389 e. The first-order valence-electron chi connectivity index (χ1n) is 8.77. The minimum absolute atomic E-state index is 0.0383. The Morgan fingerprint density at radius 1 is 1.10 bits per heavy atom. The zero-order valence-electron chi connectivity index (χ0n) is 13.4. The standard InChI is InChI=1S/C17H31NO3/c1-14-3-2-5-16(19,11-14)13-18-15-4-8-21-17(12-15)6-9-20-10-7-17/h14-15,18-19H,2-13H2,1H3. The van der Waals surface area contributed by atoms with Crippen molar-refractivity contribution in [3.8, 4) is 0 Å². The Kier molecular flexibility index (Phi) is 4.89. The summed E-state index contributed by atoms with van der Waals surface area (Å²) >= 11 is 0. The molecule has 1 aliphatic carbocycles. The van der Waals surface area contributed by atoms with Gasteiger partial charge in [-0.3, -0.25) is 0 Å². The Labute approximate surface area is 128 Å². The van der Waals surface area contributed by atoms with E-state index in [1.54, 1.807) is 0 Å². The van der Waals surface area contributed by atoms with Gasteiger partial charge in [0.25, 0.3) is 0 Å². The van der Waals surface area contributed by atoms with Gasteiger partial charge in [-0.1, -0.05) is 19.8 Å². The van der Waals surface area contributed by atoms with E-state index in [0.717, 1.165) is 71.3 Å². The highest BCUT2D eigenvalue weighted by atomic mass is 16.5. The SMILES string of the molecule is CC1CCCC(O)(CNC2CCOC3(CCOCC3)C2)C1. The molecule has 3 aliphatic rings. The Bertz CT molecular complexity index is 337. The van der Waals surface area contributed by atoms with Crippen LogP contribution in [0.15, 0.2) is 0 Å². The fourth-order valence-corrected chi connectivity index (χ4v) is 4.42. The summed E-state index contributed by atoms with van der Waals surface area (Å²) in [4.78, 5) is 0. The van der Waals surface area contributed by atoms with Crippen LogP contribution in [-0.2, 0) is 9.47 Å². The number of hydrogen-bond acceptors (Lipinski definition) is 4. The smallest absolute Gasteiger partial charge is 0.0774 e. The van der Waals surface area contributed by atoms with E-state index in [4.69, 9.17) is 9.47 Å². The van der Waals surface area contributed by atoms with E-state index in [1.165, 1.54) is 6.42 Å². The Hall–Kier alpha value is -0.160. The van der Waals surface area contributed by atoms with Crippen LogP contribution in [0.5, 0.6) is 0 Å². The lowest BCUT2D eigenvalue weighted by Gasteiger charge is -2.44. The second-order valence-corrected chi connectivity index (χ2v) is 7.64. The molecule has 0 aromatic carbocycles. The molecule has 1 saturated carbocycles. The molecule has 0 bridgehead atoms. The Morgan fingerprint density at radius 2 is 1.90 bits per heavy atom. The van der Waals surface area contributed by atoms with Gasteiger partial charge in [-0.05, 0) is 44.4 Å². The molecule has 3 rings (SSSR count). The van der Waals surface area contributed by atoms with E-state index in [-0.39, 0.29) is 5.60 Å². The Morgan fingerprint density at radius 3 is 2.67 bits per heavy atom. The summed E-state index contributed by atoms with van der Waals surface area (Å²) in [6, 6.07) is 0.484. The molecule has 4 heteroatoms. The third kappa shape index (κ3) is 3.98. The molecule has 122 valence electrons. The van der Waals surface area contributed by atoms with Gasteiger partial charge in [0.05, 0.1) is 11.2 Å². The molecule has 0 aromatic heterocycles. The van der Waals surface area contributed by atoms with Crippen LogP contribution in [0.25, 0.3) is 0 Å². The molecule has 21 heavy (non-hydrogen) atoms. The van der Waals surface area contributed by atoms with Gasteiger partial charge >= 0.3 is 0 Å². The van der Waals surface area contributed by atoms with Gasteiger partial charge in [0.1, 0.15) is 0 Å². The number of nitrogens with one attached hydrogen (secondary N) is 1. The summed E-state index contributed by atoms with van der Waals surface area (Å²) in [6.07, 6.45) is 8.50. The highest BCUT2D eigenvalue weighted by Crippen LogP contribution is 2.35. The molecular formula is C17H31NO3. The maximum absolute atomic E-state index is 10.8. The third-order valence-corrected chi connectivity index (χ3v) is 5.68. The average molecular weight is 297 g/mol. The summed E-state index contributed by atoms with van der Waals surface area (Å²) in [6.45, 7) is 5.50. The van der Waals surface area contributed by atoms with Gasteiger partial charge in [-0.25, -0.2) is 0 Å². The van der Waals surface area contributed by atoms with Crippen molar-refractivity contribution < 1.29 is 14.6 Å². The molecule has 2 aliphatic heterocycles. The zero-order chi connectivity index (χ0) is 14.8. The molecule has 3 atom stereocenters. The largest absolute Gasteiger partial charge is 0.389 e. The van der Waals surface area contributed by atoms with E-state index < -0.39 is 5.60 Å². The third-order valence-electron chi connectivity index (χ3n) is 5.68. The van der Waals surface area contributed by atoms with Crippen molar-refractivity contribution in [1.29, 1.82) is 0 Å². The molecule has 2 saturated heterocycles. The van der Waals surface area contributed by atoms with Crippen LogP contribution in [0, 0.1) is 5.92 Å². The predicted molar refractivity (Wildman–Crippen MR) is 82.3 cm³/mol. The van der Waals surface area contributed by atoms with Crippen molar-refractivity contribution in [2.75, 3.05) is 26.4 Å². The monoisotopic (exact) mass is 297 g/mol. The fraction of sp³-hybridized carbons (Fsp3) is 1.00. The van der Waals surface area contributed by atoms with Crippen molar-refractivity contribution in [1.82, 2.24) is 5.32 Å². The second kappa shape index (κ2) is 6.53. The lowest BCUT2D eigenvalue weighted by atomic mass is 9.78. The highest BCUT2D eigenvalue weighted by Gasteiger charge is 2.40. The Balaban J connectivity index is 1.50. The van der Waals surface area contributed by atoms with Crippen LogP contribution in [0.2, 0.25) is 0 Å². The van der Waals surface area contributed by atoms with Crippen LogP contribution in [-0.4, -0.2) is 48.7 Å². The van der Waals surface area contributed by atoms with Crippen LogP contribution < -0.4 is 5.32 Å². The van der Waals surface area contributed by atoms with Crippen molar-refractivity contribution in [3.63, 3.8) is 0 Å². The van der Waals surface area contributed by atoms with Crippen molar-refractivity contribution >= 4 is 0 Å². The summed E-state index contributed by atoms with van der Waals surface area (Å²) in [5.41, 5.74) is -0.449. The number of hydrogen-bond donors (Lipinski definition) is 2. The van der Waals surface area contributed by atoms with Crippen LogP contribution >= 0.6 is 0 Å². The summed E-state index contributed by atoms with van der Waals surface area (Å²) in [7, 11) is 0. The molecule has 3 fully saturated rings. The van der Waals surface area contributed by atoms with Gasteiger partial charge in [-0.15, -0.1) is 0 Å². The first-order valence-corrected chi connectivity index (χ1v) is 8.77. The highest BCUT2D eigenvalue weighted by molar-refractivity contribution is 4.94. The van der Waals surface area contributed by atoms with Gasteiger partial charge < -0.3 is 19.9 Å². The van der Waals surface area contributed by atoms with Gasteiger partial charge in [0, 0.05) is 32.4 Å². The molecule has 0 amide bonds. The fourth-order valence-electron chi connectivity index (χ4n) is 4.42. The normalized spacial score (nSPS) is 40.3. The summed E-state index contributed by atoms with van der Waals surface area (Å²) in [5, 5.41) is 14.4. The van der Waals surface area contributed by atoms with E-state index in [2.05, 4.69) is 12.2 Å². The van der Waals surface area contributed by atoms with Crippen LogP contribution in [0.3, 0.4) is 0 Å². The van der Waals surface area contributed by atoms with Crippen LogP contribution in [0.1, 0.15) is 58.3 Å². The van der Waals surface area contributed by atoms with E-state index in [0.29, 0.717) is 12.0 Å². The second-order valence-electron chi connectivity index (χ2n) is 7.64. The zero-order valence-corrected chi connectivity index (χ0v) is 13.4. The van der Waals surface area contributed by atoms with E-state index >= 15 is 0 Å². The van der Waals surface area contributed by atoms with Gasteiger partial charge in [-0.2, -0.15) is 0 Å². The number of aliphatic hydroxyl groups is 1. The lowest BCUT2D eigenvalue weighted by Crippen LogP contribution is -2.53. The van der Waals surface area contributed by atoms with Crippen molar-refractivity contribution in [2.45, 2.75) is 75.5 Å². The van der Waals surface area contributed by atoms with E-state index in [9.17, 15) is 5.11 Å². The van der Waals surface area contributed by atoms with E-state index in [1.807, 2.05) is 0 Å². The van der Waals surface area contributed by atoms with Crippen LogP contribution in [0.4, 0.5) is 0 Å². The molecule has 2 heterocycles. The number of rotatable bonds is 3. The molecule has 1 spiro atoms. The molecule has 3 unspecified atom stereocenters. The molecule has 2 N–H and O–H groups in total. The first-order chi connectivity index (χ1) is 10.1. The van der Waals surface area contributed by atoms with Gasteiger partial charge in [0.15, 0.2) is 0 Å². The van der Waals surface area contributed by atoms with Crippen molar-refractivity contribution in [3.05, 3.63) is 0 Å². The summed E-state index contributed by atoms with van der Waals surface area (Å²) in [5.74, 6) is 0.655. The maximum Gasteiger partial charge on any atom is 0.0774 e. The minimum atomic E-state index is -0.487. The molecular weight excluding hydrogens is 266 g/mol. The molecule has 4 nitrogen and oxygen atoms in total. The van der Waals surface area contributed by atoms with Crippen molar-refractivity contribution in [2.24, 2.45) is 5.92 Å². The van der Waals surface area contributed by atoms with Gasteiger partial charge in [0.2, 0.25) is 0 Å². The summed E-state index contributed by atoms with van der Waals surface area (Å²) < 4.78 is 11.6. The number of ether oxygens (including phenoxy) is 2. The predicted octanol–water partition coefficient (Wildman–Crippen LogP) is 2.25. The maximum atomic E-state index is 10.8.